The lowest BCUT2D eigenvalue weighted by molar-refractivity contribution is -0.202. The van der Waals surface area contributed by atoms with Crippen LogP contribution in [0, 0.1) is 34.5 Å². The number of benzene rings is 1. The highest BCUT2D eigenvalue weighted by Gasteiger charge is 2.73. The van der Waals surface area contributed by atoms with E-state index in [1.165, 1.54) is 19.1 Å². The molecule has 1 aromatic rings. The molecule has 41 heavy (non-hydrogen) atoms. The smallest absolute Gasteiger partial charge is 0.264 e. The number of hydroxylamine groups is 1. The number of anilines is 1. The number of carbonyl (C=O) groups is 2. The van der Waals surface area contributed by atoms with Crippen LogP contribution in [0.3, 0.4) is 0 Å². The SMILES string of the molecule is CC12CC(O)C3(F)C(CC(F)C4=CC(=O)C=CC43C)C1CC(CN(O)c1ccc(Cl)cc1)C2C(=O)COS(C)(=O)=O. The van der Waals surface area contributed by atoms with Crippen molar-refractivity contribution < 1.29 is 41.3 Å². The van der Waals surface area contributed by atoms with Crippen LogP contribution in [0.2, 0.25) is 5.02 Å². The van der Waals surface area contributed by atoms with E-state index in [-0.39, 0.29) is 31.4 Å². The largest absolute Gasteiger partial charge is 0.390 e. The third kappa shape index (κ3) is 4.87. The van der Waals surface area contributed by atoms with Gasteiger partial charge < -0.3 is 5.11 Å². The topological polar surface area (TPSA) is 121 Å². The predicted molar refractivity (Wildman–Crippen MR) is 147 cm³/mol. The van der Waals surface area contributed by atoms with Crippen molar-refractivity contribution in [1.29, 1.82) is 0 Å². The van der Waals surface area contributed by atoms with E-state index < -0.39 is 80.7 Å². The molecule has 9 unspecified atom stereocenters. The van der Waals surface area contributed by atoms with Gasteiger partial charge in [0.1, 0.15) is 12.8 Å². The summed E-state index contributed by atoms with van der Waals surface area (Å²) in [4.78, 5) is 25.7. The number of halogens is 3. The molecular weight excluding hydrogens is 580 g/mol. The maximum atomic E-state index is 17.5. The fraction of sp³-hybridized carbons (Fsp3) is 0.586. The highest BCUT2D eigenvalue weighted by Crippen LogP contribution is 2.70. The second kappa shape index (κ2) is 10.2. The van der Waals surface area contributed by atoms with Gasteiger partial charge in [0.25, 0.3) is 10.1 Å². The minimum Gasteiger partial charge on any atom is -0.390 e. The Morgan fingerprint density at radius 3 is 2.49 bits per heavy atom. The second-order valence-electron chi connectivity index (χ2n) is 12.4. The molecule has 0 bridgehead atoms. The molecule has 4 aliphatic carbocycles. The summed E-state index contributed by atoms with van der Waals surface area (Å²) in [7, 11) is -3.95. The first-order valence-corrected chi connectivity index (χ1v) is 15.8. The van der Waals surface area contributed by atoms with Crippen LogP contribution in [-0.2, 0) is 23.9 Å². The summed E-state index contributed by atoms with van der Waals surface area (Å²) < 4.78 is 61.4. The summed E-state index contributed by atoms with van der Waals surface area (Å²) in [5.74, 6) is -4.17. The Kier molecular flexibility index (Phi) is 7.55. The normalized spacial score (nSPS) is 39.9. The van der Waals surface area contributed by atoms with E-state index in [9.17, 15) is 28.3 Å². The number of hydrogen-bond acceptors (Lipinski definition) is 8. The number of nitrogens with zero attached hydrogens (tertiary/aromatic N) is 1. The lowest BCUT2D eigenvalue weighted by atomic mass is 9.45. The van der Waals surface area contributed by atoms with Crippen molar-refractivity contribution in [2.75, 3.05) is 24.5 Å². The van der Waals surface area contributed by atoms with Crippen LogP contribution in [0.15, 0.2) is 48.1 Å². The van der Waals surface area contributed by atoms with Gasteiger partial charge in [0.2, 0.25) is 0 Å². The summed E-state index contributed by atoms with van der Waals surface area (Å²) in [5, 5.41) is 23.9. The highest BCUT2D eigenvalue weighted by atomic mass is 35.5. The van der Waals surface area contributed by atoms with E-state index in [4.69, 9.17) is 15.8 Å². The maximum Gasteiger partial charge on any atom is 0.264 e. The Balaban J connectivity index is 1.55. The first-order chi connectivity index (χ1) is 19.0. The van der Waals surface area contributed by atoms with Gasteiger partial charge in [0.15, 0.2) is 17.2 Å². The number of carbonyl (C=O) groups excluding carboxylic acids is 2. The molecule has 12 heteroatoms. The van der Waals surface area contributed by atoms with Crippen LogP contribution < -0.4 is 5.06 Å². The zero-order chi connectivity index (χ0) is 30.1. The second-order valence-corrected chi connectivity index (χ2v) is 14.5. The fourth-order valence-corrected chi connectivity index (χ4v) is 8.85. The molecule has 0 heterocycles. The van der Waals surface area contributed by atoms with Gasteiger partial charge in [-0.25, -0.2) is 8.78 Å². The quantitative estimate of drug-likeness (QED) is 0.346. The highest BCUT2D eigenvalue weighted by molar-refractivity contribution is 7.86. The van der Waals surface area contributed by atoms with Crippen LogP contribution in [-0.4, -0.2) is 67.6 Å². The van der Waals surface area contributed by atoms with E-state index in [0.717, 1.165) is 17.4 Å². The number of aliphatic hydroxyl groups excluding tert-OH is 1. The maximum absolute atomic E-state index is 17.5. The number of aliphatic hydroxyl groups is 1. The molecule has 5 rings (SSSR count). The van der Waals surface area contributed by atoms with Crippen LogP contribution in [0.5, 0.6) is 0 Å². The summed E-state index contributed by atoms with van der Waals surface area (Å²) in [6.07, 6.45) is 1.000. The van der Waals surface area contributed by atoms with Crippen LogP contribution in [0.25, 0.3) is 0 Å². The third-order valence-electron chi connectivity index (χ3n) is 10.1. The molecule has 8 nitrogen and oxygen atoms in total. The van der Waals surface area contributed by atoms with Gasteiger partial charge in [-0.15, -0.1) is 0 Å². The van der Waals surface area contributed by atoms with Gasteiger partial charge in [0.05, 0.1) is 18.0 Å². The Hall–Kier alpha value is -2.18. The lowest BCUT2D eigenvalue weighted by Gasteiger charge is -2.62. The fourth-order valence-electron chi connectivity index (χ4n) is 8.39. The predicted octanol–water partition coefficient (Wildman–Crippen LogP) is 4.24. The first kappa shape index (κ1) is 30.3. The zero-order valence-electron chi connectivity index (χ0n) is 23.0. The Morgan fingerprint density at radius 1 is 1.20 bits per heavy atom. The number of Topliss-reactive ketones (excluding diaryl/α,β-unsaturated/α-hetero) is 1. The van der Waals surface area contributed by atoms with Crippen molar-refractivity contribution in [2.45, 2.75) is 51.1 Å². The molecule has 3 fully saturated rings. The van der Waals surface area contributed by atoms with Gasteiger partial charge in [-0.05, 0) is 85.4 Å². The molecule has 0 saturated heterocycles. The number of hydrogen-bond donors (Lipinski definition) is 2. The van der Waals surface area contributed by atoms with Gasteiger partial charge in [0, 0.05) is 28.8 Å². The molecule has 1 aromatic carbocycles. The first-order valence-electron chi connectivity index (χ1n) is 13.6. The molecule has 0 aliphatic heterocycles. The van der Waals surface area contributed by atoms with Crippen molar-refractivity contribution in [2.24, 2.45) is 34.5 Å². The molecule has 0 spiro atoms. The summed E-state index contributed by atoms with van der Waals surface area (Å²) in [6, 6.07) is 6.35. The summed E-state index contributed by atoms with van der Waals surface area (Å²) in [6.45, 7) is 2.42. The molecule has 2 N–H and O–H groups in total. The monoisotopic (exact) mass is 613 g/mol. The molecule has 9 atom stereocenters. The van der Waals surface area contributed by atoms with Crippen molar-refractivity contribution in [3.05, 3.63) is 53.1 Å². The van der Waals surface area contributed by atoms with Gasteiger partial charge in [-0.1, -0.05) is 24.6 Å². The zero-order valence-corrected chi connectivity index (χ0v) is 24.5. The van der Waals surface area contributed by atoms with Crippen LogP contribution in [0.4, 0.5) is 14.5 Å². The number of alkyl halides is 2. The van der Waals surface area contributed by atoms with E-state index >= 15 is 8.78 Å². The molecule has 0 radical (unpaired) electrons. The minimum absolute atomic E-state index is 0.000555. The van der Waals surface area contributed by atoms with Crippen molar-refractivity contribution in [1.82, 2.24) is 0 Å². The summed E-state index contributed by atoms with van der Waals surface area (Å²) >= 11 is 5.97. The number of rotatable bonds is 7. The molecule has 224 valence electrons. The third-order valence-corrected chi connectivity index (χ3v) is 10.9. The molecule has 0 aromatic heterocycles. The van der Waals surface area contributed by atoms with E-state index in [1.54, 1.807) is 31.2 Å². The van der Waals surface area contributed by atoms with E-state index in [0.29, 0.717) is 10.7 Å². The van der Waals surface area contributed by atoms with Gasteiger partial charge in [-0.2, -0.15) is 8.42 Å². The molecule has 4 aliphatic rings. The Labute approximate surface area is 243 Å². The molecule has 0 amide bonds. The average Bonchev–Trinajstić information content (AvgIpc) is 3.16. The Morgan fingerprint density at radius 2 is 1.85 bits per heavy atom. The minimum atomic E-state index is -3.95. The standard InChI is InChI=1S/C29H34ClF2NO7S/c1-27-13-25(36)29(32)21(12-23(31)22-11-19(34)8-9-28(22,29)2)20(27)10-16(26(27)24(35)15-40-41(3,38)39)14-33(37)18-6-4-17(30)5-7-18/h4-9,11,16,20-21,23,25-26,36-37H,10,12-15H2,1-3H3. The van der Waals surface area contributed by atoms with Crippen molar-refractivity contribution >= 4 is 39.0 Å². The van der Waals surface area contributed by atoms with Crippen molar-refractivity contribution in [3.8, 4) is 0 Å². The number of allylic oxidation sites excluding steroid dienone is 4. The summed E-state index contributed by atoms with van der Waals surface area (Å²) in [5.41, 5.74) is -4.57. The van der Waals surface area contributed by atoms with Crippen LogP contribution >= 0.6 is 11.6 Å². The van der Waals surface area contributed by atoms with E-state index in [1.807, 2.05) is 0 Å². The van der Waals surface area contributed by atoms with Crippen molar-refractivity contribution in [3.63, 3.8) is 0 Å². The average molecular weight is 614 g/mol. The number of ketones is 2. The van der Waals surface area contributed by atoms with Gasteiger partial charge in [-0.3, -0.25) is 24.0 Å². The molecule has 3 saturated carbocycles. The number of fused-ring (bicyclic) bond motifs is 5. The van der Waals surface area contributed by atoms with Gasteiger partial charge >= 0.3 is 0 Å². The van der Waals surface area contributed by atoms with E-state index in [2.05, 4.69) is 0 Å². The van der Waals surface area contributed by atoms with Crippen LogP contribution in [0.1, 0.15) is 33.1 Å². The Bertz CT molecular complexity index is 1420. The lowest BCUT2D eigenvalue weighted by Crippen LogP contribution is -2.68. The molecular formula is C29H34ClF2NO7S.